The lowest BCUT2D eigenvalue weighted by atomic mass is 10.6. The molecule has 0 amide bonds. The number of nitrogens with zero attached hydrogens (tertiary/aromatic N) is 1. The van der Waals surface area contributed by atoms with Gasteiger partial charge in [0, 0.05) is 13.1 Å². The first-order valence-corrected chi connectivity index (χ1v) is 2.98. The van der Waals surface area contributed by atoms with E-state index < -0.39 is 0 Å². The van der Waals surface area contributed by atoms with Gasteiger partial charge in [0.05, 0.1) is 5.16 Å². The zero-order valence-corrected chi connectivity index (χ0v) is 6.66. The quantitative estimate of drug-likeness (QED) is 0.432. The van der Waals surface area contributed by atoms with Gasteiger partial charge in [0.25, 0.3) is 0 Å². The van der Waals surface area contributed by atoms with Crippen molar-refractivity contribution >= 4 is 17.4 Å². The summed E-state index contributed by atoms with van der Waals surface area (Å²) in [7, 11) is 4.01. The van der Waals surface area contributed by atoms with Crippen LogP contribution in [0, 0.1) is 5.41 Å². The van der Waals surface area contributed by atoms with E-state index in [-0.39, 0.29) is 0 Å². The molecule has 4 heteroatoms. The highest BCUT2D eigenvalue weighted by molar-refractivity contribution is 7.78. The largest absolute Gasteiger partial charge is 0.329 e. The topological polar surface area (TPSA) is 53.1 Å². The Bertz CT molecular complexity index is 76.3. The minimum absolute atomic E-state index is 0.757. The van der Waals surface area contributed by atoms with E-state index >= 15 is 0 Å². The smallest absolute Gasteiger partial charge is 0.0554 e. The van der Waals surface area contributed by atoms with Gasteiger partial charge in [-0.2, -0.15) is 0 Å². The third-order valence-corrected chi connectivity index (χ3v) is 0.576. The maximum Gasteiger partial charge on any atom is 0.0554 e. The lowest BCUT2D eigenvalue weighted by Gasteiger charge is -2.03. The van der Waals surface area contributed by atoms with Gasteiger partial charge in [0.15, 0.2) is 0 Å². The highest BCUT2D eigenvalue weighted by Gasteiger charge is 1.79. The Kier molecular flexibility index (Phi) is 13.6. The van der Waals surface area contributed by atoms with E-state index in [0.717, 1.165) is 13.1 Å². The summed E-state index contributed by atoms with van der Waals surface area (Å²) in [5, 5.41) is 7.36. The first-order valence-electron chi connectivity index (χ1n) is 2.57. The Hall–Kier alpha value is -0.280. The van der Waals surface area contributed by atoms with Crippen LogP contribution < -0.4 is 5.73 Å². The molecule has 0 saturated heterocycles. The van der Waals surface area contributed by atoms with Crippen LogP contribution in [0.2, 0.25) is 0 Å². The van der Waals surface area contributed by atoms with Gasteiger partial charge >= 0.3 is 0 Å². The maximum atomic E-state index is 5.77. The van der Waals surface area contributed by atoms with Crippen LogP contribution in [0.4, 0.5) is 0 Å². The monoisotopic (exact) mass is 147 g/mol. The number of rotatable bonds is 2. The number of hydrogen-bond acceptors (Lipinski definition) is 4. The fourth-order valence-electron chi connectivity index (χ4n) is 0.258. The third kappa shape index (κ3) is 34.1. The van der Waals surface area contributed by atoms with Gasteiger partial charge in [0.1, 0.15) is 0 Å². The molecule has 0 atom stereocenters. The van der Waals surface area contributed by atoms with Crippen molar-refractivity contribution in [1.29, 1.82) is 5.41 Å². The van der Waals surface area contributed by atoms with Crippen LogP contribution in [-0.2, 0) is 0 Å². The average Bonchev–Trinajstić information content (AvgIpc) is 1.67. The van der Waals surface area contributed by atoms with Crippen molar-refractivity contribution in [3.8, 4) is 0 Å². The Labute approximate surface area is 61.3 Å². The van der Waals surface area contributed by atoms with Gasteiger partial charge in [-0.05, 0) is 26.3 Å². The third-order valence-electron chi connectivity index (χ3n) is 0.576. The second-order valence-electron chi connectivity index (χ2n) is 1.69. The van der Waals surface area contributed by atoms with Gasteiger partial charge in [-0.25, -0.2) is 5.41 Å². The minimum atomic E-state index is 0.757. The van der Waals surface area contributed by atoms with Crippen molar-refractivity contribution in [1.82, 2.24) is 4.90 Å². The van der Waals surface area contributed by atoms with Gasteiger partial charge in [-0.15, -0.1) is 0 Å². The Balaban J connectivity index is 0. The molecule has 54 valence electrons. The van der Waals surface area contributed by atoms with E-state index in [4.69, 9.17) is 11.1 Å². The summed E-state index contributed by atoms with van der Waals surface area (Å²) in [5.74, 6) is 0. The van der Waals surface area contributed by atoms with E-state index in [1.165, 1.54) is 0 Å². The number of nitrogens with one attached hydrogen (secondary N) is 1. The molecular weight excluding hydrogens is 134 g/mol. The molecule has 0 radical (unpaired) electrons. The molecule has 0 saturated carbocycles. The molecule has 0 spiro atoms. The zero-order chi connectivity index (χ0) is 7.70. The molecule has 0 aliphatic rings. The minimum Gasteiger partial charge on any atom is -0.329 e. The summed E-state index contributed by atoms with van der Waals surface area (Å²) in [6.07, 6.45) is 0. The summed E-state index contributed by atoms with van der Waals surface area (Å²) in [4.78, 5) is 2.06. The van der Waals surface area contributed by atoms with Crippen LogP contribution in [0.3, 0.4) is 0 Å². The van der Waals surface area contributed by atoms with Crippen LogP contribution in [0.1, 0.15) is 0 Å². The van der Waals surface area contributed by atoms with Crippen LogP contribution in [-0.4, -0.2) is 37.2 Å². The molecule has 0 heterocycles. The van der Waals surface area contributed by atoms with E-state index in [0.29, 0.717) is 0 Å². The Morgan fingerprint density at radius 2 is 2.00 bits per heavy atom. The number of thiocarbonyl (C=S) groups is 1. The standard InChI is InChI=1S/C4H12N2.CHNS/c1-6(2)4-3-5;2-1-3/h3-5H2,1-2H3;2H. The Morgan fingerprint density at radius 1 is 1.67 bits per heavy atom. The average molecular weight is 147 g/mol. The van der Waals surface area contributed by atoms with Crippen molar-refractivity contribution in [3.05, 3.63) is 0 Å². The number of isothiocyanates is 1. The van der Waals surface area contributed by atoms with E-state index in [1.807, 2.05) is 14.1 Å². The molecule has 3 nitrogen and oxygen atoms in total. The SMILES string of the molecule is CN(C)CCN.N=C=S. The van der Waals surface area contributed by atoms with E-state index in [2.05, 4.69) is 17.1 Å². The highest BCUT2D eigenvalue weighted by atomic mass is 32.1. The molecule has 0 aliphatic carbocycles. The zero-order valence-electron chi connectivity index (χ0n) is 5.85. The van der Waals surface area contributed by atoms with Crippen LogP contribution in [0.25, 0.3) is 0 Å². The van der Waals surface area contributed by atoms with Crippen LogP contribution in [0.15, 0.2) is 0 Å². The molecule has 0 bridgehead atoms. The maximum absolute atomic E-state index is 5.77. The molecule has 0 aromatic rings. The highest BCUT2D eigenvalue weighted by Crippen LogP contribution is 1.64. The van der Waals surface area contributed by atoms with Gasteiger partial charge in [-0.1, -0.05) is 0 Å². The predicted molar refractivity (Wildman–Crippen MR) is 42.9 cm³/mol. The van der Waals surface area contributed by atoms with Crippen LogP contribution in [0.5, 0.6) is 0 Å². The van der Waals surface area contributed by atoms with Crippen molar-refractivity contribution in [2.75, 3.05) is 27.2 Å². The molecule has 9 heavy (non-hydrogen) atoms. The fourth-order valence-corrected chi connectivity index (χ4v) is 0.258. The van der Waals surface area contributed by atoms with E-state index in [1.54, 1.807) is 5.16 Å². The summed E-state index contributed by atoms with van der Waals surface area (Å²) in [6, 6.07) is 0. The van der Waals surface area contributed by atoms with Crippen LogP contribution >= 0.6 is 12.2 Å². The van der Waals surface area contributed by atoms with Crippen molar-refractivity contribution in [2.45, 2.75) is 0 Å². The summed E-state index contributed by atoms with van der Waals surface area (Å²) in [5.41, 5.74) is 5.19. The summed E-state index contributed by atoms with van der Waals surface area (Å²) in [6.45, 7) is 1.74. The lowest BCUT2D eigenvalue weighted by Crippen LogP contribution is -2.20. The molecule has 0 aromatic carbocycles. The van der Waals surface area contributed by atoms with Crippen molar-refractivity contribution in [2.24, 2.45) is 5.73 Å². The molecule has 0 unspecified atom stereocenters. The van der Waals surface area contributed by atoms with E-state index in [9.17, 15) is 0 Å². The second-order valence-corrected chi connectivity index (χ2v) is 1.90. The molecule has 0 aromatic heterocycles. The molecule has 0 aliphatic heterocycles. The van der Waals surface area contributed by atoms with Gasteiger partial charge < -0.3 is 10.6 Å². The first-order chi connectivity index (χ1) is 4.18. The van der Waals surface area contributed by atoms with Gasteiger partial charge in [-0.3, -0.25) is 0 Å². The van der Waals surface area contributed by atoms with Crippen molar-refractivity contribution in [3.63, 3.8) is 0 Å². The molecular formula is C5H13N3S. The normalized spacial score (nSPS) is 7.56. The number of nitrogens with two attached hydrogens (primary N) is 1. The summed E-state index contributed by atoms with van der Waals surface area (Å²) >= 11 is 3.81. The molecule has 0 fully saturated rings. The summed E-state index contributed by atoms with van der Waals surface area (Å²) < 4.78 is 0. The van der Waals surface area contributed by atoms with Crippen molar-refractivity contribution < 1.29 is 0 Å². The lowest BCUT2D eigenvalue weighted by molar-refractivity contribution is 0.420. The molecule has 3 N–H and O–H groups in total. The predicted octanol–water partition coefficient (Wildman–Crippen LogP) is 0.175. The fraction of sp³-hybridized carbons (Fsp3) is 0.800. The Morgan fingerprint density at radius 3 is 2.00 bits per heavy atom. The molecule has 0 rings (SSSR count). The number of likely N-dealkylation sites (N-methyl/N-ethyl adjacent to an activating group) is 1. The second kappa shape index (κ2) is 10.7. The number of hydrogen-bond donors (Lipinski definition) is 2. The first kappa shape index (κ1) is 11.5. The van der Waals surface area contributed by atoms with Gasteiger partial charge in [0.2, 0.25) is 0 Å².